The average molecular weight is 688 g/mol. The zero-order valence-electron chi connectivity index (χ0n) is 28.8. The number of anilines is 2. The van der Waals surface area contributed by atoms with E-state index in [1.165, 1.54) is 7.11 Å². The maximum atomic E-state index is 13.3. The minimum absolute atomic E-state index is 0.00385. The average Bonchev–Trinajstić information content (AvgIpc) is 3.37. The number of nitro groups is 1. The summed E-state index contributed by atoms with van der Waals surface area (Å²) in [6.45, 7) is 10.8. The maximum Gasteiger partial charge on any atom is 0.311 e. The first-order valence-corrected chi connectivity index (χ1v) is 17.8. The van der Waals surface area contributed by atoms with Crippen molar-refractivity contribution in [2.75, 3.05) is 75.8 Å². The first-order valence-electron chi connectivity index (χ1n) is 17.8. The van der Waals surface area contributed by atoms with E-state index in [1.807, 2.05) is 19.1 Å². The molecule has 14 nitrogen and oxygen atoms in total. The van der Waals surface area contributed by atoms with Gasteiger partial charge in [0.25, 0.3) is 11.8 Å². The summed E-state index contributed by atoms with van der Waals surface area (Å²) in [7, 11) is 1.47. The summed E-state index contributed by atoms with van der Waals surface area (Å²) in [4.78, 5) is 72.3. The summed E-state index contributed by atoms with van der Waals surface area (Å²) in [6, 6.07) is 8.38. The number of carbonyl (C=O) groups excluding carboxylic acids is 4. The Kier molecular flexibility index (Phi) is 9.49. The summed E-state index contributed by atoms with van der Waals surface area (Å²) < 4.78 is 5.32. The van der Waals surface area contributed by atoms with Gasteiger partial charge in [-0.3, -0.25) is 44.4 Å². The van der Waals surface area contributed by atoms with E-state index in [2.05, 4.69) is 24.9 Å². The standard InChI is InChI=1S/C36H45N7O7/c1-23-19-31(43(48)49)32(50-2)21-30(23)41-13-9-25(10-14-41)40-17-15-38(16-18-40)22-24-7-11-39(12-8-24)26-3-4-27-28(20-26)36(47)42(35(27)46)29-5-6-33(44)37-34(29)45/h3-4,19-21,24-25,29H,5-18,22H2,1-2H3,(H,37,44,45). The minimum atomic E-state index is -0.960. The SMILES string of the molecule is COc1cc(N2CCC(N3CCN(CC4CCN(c5ccc6c(c5)C(=O)N(C5CCC(=O)NC5=O)C6=O)CC4)CC3)CC2)c(C)cc1[N+](=O)[O-]. The van der Waals surface area contributed by atoms with E-state index in [0.29, 0.717) is 28.8 Å². The first-order chi connectivity index (χ1) is 24.1. The van der Waals surface area contributed by atoms with Gasteiger partial charge in [0.05, 0.1) is 23.2 Å². The van der Waals surface area contributed by atoms with E-state index in [0.717, 1.165) is 106 Å². The number of piperidine rings is 3. The van der Waals surface area contributed by atoms with E-state index in [9.17, 15) is 29.3 Å². The third kappa shape index (κ3) is 6.53. The number of nitrogens with zero attached hydrogens (tertiary/aromatic N) is 6. The molecule has 266 valence electrons. The van der Waals surface area contributed by atoms with E-state index >= 15 is 0 Å². The lowest BCUT2D eigenvalue weighted by molar-refractivity contribution is -0.385. The molecule has 4 amide bonds. The number of nitro benzene ring substituents is 1. The number of carbonyl (C=O) groups is 4. The van der Waals surface area contributed by atoms with Gasteiger partial charge in [-0.05, 0) is 68.7 Å². The second-order valence-electron chi connectivity index (χ2n) is 14.2. The number of ether oxygens (including phenoxy) is 1. The molecule has 4 saturated heterocycles. The van der Waals surface area contributed by atoms with Crippen molar-refractivity contribution in [3.8, 4) is 5.75 Å². The molecule has 0 spiro atoms. The van der Waals surface area contributed by atoms with Crippen LogP contribution in [0.4, 0.5) is 17.1 Å². The van der Waals surface area contributed by atoms with Crippen LogP contribution in [0.15, 0.2) is 30.3 Å². The number of methoxy groups -OCH3 is 1. The topological polar surface area (TPSA) is 149 Å². The molecule has 1 atom stereocenters. The van der Waals surface area contributed by atoms with Crippen molar-refractivity contribution in [3.05, 3.63) is 57.1 Å². The van der Waals surface area contributed by atoms with Gasteiger partial charge >= 0.3 is 5.69 Å². The Morgan fingerprint density at radius 2 is 1.52 bits per heavy atom. The highest BCUT2D eigenvalue weighted by molar-refractivity contribution is 6.23. The molecular formula is C36H45N7O7. The van der Waals surface area contributed by atoms with Crippen LogP contribution in [0, 0.1) is 23.0 Å². The molecular weight excluding hydrogens is 642 g/mol. The Bertz CT molecular complexity index is 1690. The Hall–Kier alpha value is -4.56. The van der Waals surface area contributed by atoms with Crippen LogP contribution in [-0.2, 0) is 9.59 Å². The fraction of sp³-hybridized carbons (Fsp3) is 0.556. The van der Waals surface area contributed by atoms with E-state index in [-0.39, 0.29) is 24.4 Å². The van der Waals surface area contributed by atoms with Crippen molar-refractivity contribution < 1.29 is 28.8 Å². The molecule has 0 radical (unpaired) electrons. The summed E-state index contributed by atoms with van der Waals surface area (Å²) in [6.07, 6.45) is 4.48. The summed E-state index contributed by atoms with van der Waals surface area (Å²) in [5.41, 5.74) is 3.46. The quantitative estimate of drug-likeness (QED) is 0.248. The second kappa shape index (κ2) is 14.0. The summed E-state index contributed by atoms with van der Waals surface area (Å²) in [5.74, 6) is -1.03. The van der Waals surface area contributed by atoms with Gasteiger partial charge in [-0.1, -0.05) is 0 Å². The van der Waals surface area contributed by atoms with Crippen LogP contribution in [0.5, 0.6) is 5.75 Å². The number of hydrogen-bond donors (Lipinski definition) is 1. The number of nitrogens with one attached hydrogen (secondary N) is 1. The second-order valence-corrected chi connectivity index (χ2v) is 14.2. The Morgan fingerprint density at radius 3 is 2.18 bits per heavy atom. The van der Waals surface area contributed by atoms with Crippen LogP contribution in [-0.4, -0.2) is 121 Å². The van der Waals surface area contributed by atoms with Gasteiger partial charge in [0.2, 0.25) is 11.8 Å². The molecule has 1 unspecified atom stereocenters. The van der Waals surface area contributed by atoms with Crippen LogP contribution in [0.3, 0.4) is 0 Å². The lowest BCUT2D eigenvalue weighted by Crippen LogP contribution is -2.54. The number of rotatable bonds is 8. The van der Waals surface area contributed by atoms with Crippen molar-refractivity contribution in [3.63, 3.8) is 0 Å². The number of imide groups is 2. The lowest BCUT2D eigenvalue weighted by Gasteiger charge is -2.44. The van der Waals surface area contributed by atoms with Crippen molar-refractivity contribution >= 4 is 40.7 Å². The number of benzene rings is 2. The van der Waals surface area contributed by atoms with Crippen LogP contribution < -0.4 is 19.9 Å². The molecule has 14 heteroatoms. The first kappa shape index (κ1) is 33.9. The molecule has 0 bridgehead atoms. The zero-order chi connectivity index (χ0) is 35.1. The molecule has 2 aromatic rings. The molecule has 2 aromatic carbocycles. The Labute approximate surface area is 291 Å². The van der Waals surface area contributed by atoms with Gasteiger partial charge in [0.1, 0.15) is 6.04 Å². The van der Waals surface area contributed by atoms with Gasteiger partial charge in [-0.15, -0.1) is 0 Å². The van der Waals surface area contributed by atoms with Crippen LogP contribution >= 0.6 is 0 Å². The normalized spacial score (nSPS) is 23.0. The number of fused-ring (bicyclic) bond motifs is 1. The smallest absolute Gasteiger partial charge is 0.311 e. The van der Waals surface area contributed by atoms with Crippen molar-refractivity contribution in [1.29, 1.82) is 0 Å². The number of amides is 4. The number of aryl methyl sites for hydroxylation is 1. The van der Waals surface area contributed by atoms with Gasteiger partial charge in [0.15, 0.2) is 5.75 Å². The molecule has 7 rings (SSSR count). The highest BCUT2D eigenvalue weighted by atomic mass is 16.6. The van der Waals surface area contributed by atoms with Gasteiger partial charge in [-0.25, -0.2) is 0 Å². The van der Waals surface area contributed by atoms with E-state index < -0.39 is 28.7 Å². The van der Waals surface area contributed by atoms with Gasteiger partial charge in [0, 0.05) is 94.9 Å². The fourth-order valence-corrected chi connectivity index (χ4v) is 8.49. The lowest BCUT2D eigenvalue weighted by atomic mass is 9.95. The maximum absolute atomic E-state index is 13.3. The molecule has 0 aromatic heterocycles. The van der Waals surface area contributed by atoms with Gasteiger partial charge in [-0.2, -0.15) is 0 Å². The third-order valence-electron chi connectivity index (χ3n) is 11.3. The predicted octanol–water partition coefficient (Wildman–Crippen LogP) is 2.82. The Morgan fingerprint density at radius 1 is 0.840 bits per heavy atom. The van der Waals surface area contributed by atoms with Crippen molar-refractivity contribution in [1.82, 2.24) is 20.0 Å². The molecule has 1 N–H and O–H groups in total. The van der Waals surface area contributed by atoms with Crippen LogP contribution in [0.25, 0.3) is 0 Å². The Balaban J connectivity index is 0.864. The molecule has 5 heterocycles. The number of hydrogen-bond acceptors (Lipinski definition) is 11. The molecule has 50 heavy (non-hydrogen) atoms. The monoisotopic (exact) mass is 687 g/mol. The molecule has 4 fully saturated rings. The van der Waals surface area contributed by atoms with E-state index in [1.54, 1.807) is 18.2 Å². The van der Waals surface area contributed by atoms with Crippen LogP contribution in [0.2, 0.25) is 0 Å². The molecule has 5 aliphatic heterocycles. The van der Waals surface area contributed by atoms with E-state index in [4.69, 9.17) is 4.74 Å². The molecule has 5 aliphatic rings. The summed E-state index contributed by atoms with van der Waals surface area (Å²) >= 11 is 0. The van der Waals surface area contributed by atoms with Crippen molar-refractivity contribution in [2.24, 2.45) is 5.92 Å². The fourth-order valence-electron chi connectivity index (χ4n) is 8.49. The highest BCUT2D eigenvalue weighted by Gasteiger charge is 2.45. The molecule has 0 aliphatic carbocycles. The predicted molar refractivity (Wildman–Crippen MR) is 186 cm³/mol. The van der Waals surface area contributed by atoms with Crippen molar-refractivity contribution in [2.45, 2.75) is 57.5 Å². The van der Waals surface area contributed by atoms with Gasteiger partial charge < -0.3 is 19.4 Å². The number of piperazine rings is 1. The third-order valence-corrected chi connectivity index (χ3v) is 11.3. The highest BCUT2D eigenvalue weighted by Crippen LogP contribution is 2.36. The summed E-state index contributed by atoms with van der Waals surface area (Å²) in [5, 5.41) is 13.7. The van der Waals surface area contributed by atoms with Crippen LogP contribution in [0.1, 0.15) is 64.8 Å². The zero-order valence-corrected chi connectivity index (χ0v) is 28.8. The molecule has 0 saturated carbocycles. The minimum Gasteiger partial charge on any atom is -0.490 e. The largest absolute Gasteiger partial charge is 0.490 e.